The van der Waals surface area contributed by atoms with Crippen LogP contribution in [0.15, 0.2) is 0 Å². The largest absolute Gasteiger partial charge is 0.103 e. The van der Waals surface area contributed by atoms with E-state index >= 15 is 0 Å². The molecule has 0 nitrogen and oxygen atoms in total. The Balaban J connectivity index is 2.99. The highest BCUT2D eigenvalue weighted by molar-refractivity contribution is 4.98. The summed E-state index contributed by atoms with van der Waals surface area (Å²) in [6.45, 7) is 6.07. The van der Waals surface area contributed by atoms with Crippen LogP contribution >= 0.6 is 0 Å². The molecule has 15 heavy (non-hydrogen) atoms. The zero-order valence-electron chi connectivity index (χ0n) is 10.5. The summed E-state index contributed by atoms with van der Waals surface area (Å²) in [5, 5.41) is 0. The molecule has 0 unspecified atom stereocenters. The van der Waals surface area contributed by atoms with E-state index in [-0.39, 0.29) is 0 Å². The van der Waals surface area contributed by atoms with Gasteiger partial charge in [-0.25, -0.2) is 0 Å². The fourth-order valence-corrected chi connectivity index (χ4v) is 1.54. The van der Waals surface area contributed by atoms with Crippen LogP contribution in [0.3, 0.4) is 0 Å². The van der Waals surface area contributed by atoms with Gasteiger partial charge in [0.15, 0.2) is 0 Å². The van der Waals surface area contributed by atoms with E-state index in [1.54, 1.807) is 0 Å². The third-order valence-corrected chi connectivity index (χ3v) is 2.58. The van der Waals surface area contributed by atoms with E-state index in [0.29, 0.717) is 0 Å². The molecule has 0 aliphatic heterocycles. The van der Waals surface area contributed by atoms with Crippen molar-refractivity contribution in [3.63, 3.8) is 0 Å². The maximum Gasteiger partial charge on any atom is 0.00886 e. The maximum atomic E-state index is 3.85. The highest BCUT2D eigenvalue weighted by Gasteiger charge is 1.88. The number of hydrogen-bond acceptors (Lipinski definition) is 0. The van der Waals surface area contributed by atoms with Crippen molar-refractivity contribution >= 4 is 0 Å². The van der Waals surface area contributed by atoms with Gasteiger partial charge in [-0.2, -0.15) is 0 Å². The molecule has 0 amide bonds. The molecule has 0 spiro atoms. The van der Waals surface area contributed by atoms with Crippen molar-refractivity contribution in [2.24, 2.45) is 0 Å². The first-order chi connectivity index (χ1) is 7.41. The van der Waals surface area contributed by atoms with Crippen LogP contribution in [0.5, 0.6) is 0 Å². The van der Waals surface area contributed by atoms with E-state index in [1.165, 1.54) is 51.4 Å². The van der Waals surface area contributed by atoms with Crippen LogP contribution in [0.4, 0.5) is 0 Å². The minimum Gasteiger partial charge on any atom is -0.103 e. The summed E-state index contributed by atoms with van der Waals surface area (Å²) in [5.74, 6) is 6.50. The fraction of sp³-hybridized carbons (Fsp3) is 0.800. The molecule has 0 aromatic rings. The average Bonchev–Trinajstić information content (AvgIpc) is 2.26. The Morgan fingerprint density at radius 2 is 1.27 bits per heavy atom. The van der Waals surface area contributed by atoms with Gasteiger partial charge in [-0.15, -0.1) is 11.8 Å². The predicted molar refractivity (Wildman–Crippen MR) is 69.6 cm³/mol. The molecule has 0 aromatic carbocycles. The van der Waals surface area contributed by atoms with Gasteiger partial charge in [-0.1, -0.05) is 58.8 Å². The van der Waals surface area contributed by atoms with E-state index in [9.17, 15) is 0 Å². The van der Waals surface area contributed by atoms with Crippen LogP contribution in [0.1, 0.15) is 77.6 Å². The highest BCUT2D eigenvalue weighted by atomic mass is 13.9. The first-order valence-corrected chi connectivity index (χ1v) is 6.66. The summed E-state index contributed by atoms with van der Waals surface area (Å²) in [7, 11) is 0. The molecule has 0 aliphatic rings. The van der Waals surface area contributed by atoms with Gasteiger partial charge < -0.3 is 0 Å². The highest BCUT2D eigenvalue weighted by Crippen LogP contribution is 2.07. The summed E-state index contributed by atoms with van der Waals surface area (Å²) in [6.07, 6.45) is 13.9. The monoisotopic (exact) mass is 207 g/mol. The number of rotatable bonds is 9. The van der Waals surface area contributed by atoms with Crippen LogP contribution in [0.25, 0.3) is 0 Å². The Kier molecular flexibility index (Phi) is 13.2. The molecule has 0 N–H and O–H groups in total. The fourth-order valence-electron chi connectivity index (χ4n) is 1.54. The average molecular weight is 207 g/mol. The Morgan fingerprint density at radius 3 is 1.87 bits per heavy atom. The third kappa shape index (κ3) is 13.6. The molecule has 0 fully saturated rings. The number of unbranched alkanes of at least 4 members (excludes halogenated alkanes) is 9. The standard InChI is InChI=1S/C15H27/c1-3-5-7-9-11-13-15-14-12-10-8-6-4-2/h1,3-9,11,13-15H2,2H3. The molecule has 0 heterocycles. The van der Waals surface area contributed by atoms with Gasteiger partial charge in [-0.3, -0.25) is 0 Å². The van der Waals surface area contributed by atoms with E-state index in [2.05, 4.69) is 25.7 Å². The van der Waals surface area contributed by atoms with Crippen LogP contribution in [-0.2, 0) is 0 Å². The van der Waals surface area contributed by atoms with Gasteiger partial charge in [0.2, 0.25) is 0 Å². The summed E-state index contributed by atoms with van der Waals surface area (Å²) in [6, 6.07) is 0. The predicted octanol–water partition coefficient (Wildman–Crippen LogP) is 5.13. The topological polar surface area (TPSA) is 0 Å². The van der Waals surface area contributed by atoms with Crippen LogP contribution < -0.4 is 0 Å². The quantitative estimate of drug-likeness (QED) is 0.363. The van der Waals surface area contributed by atoms with E-state index < -0.39 is 0 Å². The molecule has 0 heteroatoms. The minimum absolute atomic E-state index is 1.10. The Labute approximate surface area is 96.8 Å². The number of hydrogen-bond donors (Lipinski definition) is 0. The Morgan fingerprint density at radius 1 is 0.733 bits per heavy atom. The molecule has 87 valence electrons. The van der Waals surface area contributed by atoms with Crippen molar-refractivity contribution in [2.45, 2.75) is 77.6 Å². The first-order valence-electron chi connectivity index (χ1n) is 6.66. The first kappa shape index (κ1) is 14.6. The van der Waals surface area contributed by atoms with Crippen LogP contribution in [-0.4, -0.2) is 0 Å². The van der Waals surface area contributed by atoms with Gasteiger partial charge in [0.1, 0.15) is 0 Å². The second kappa shape index (κ2) is 13.6. The van der Waals surface area contributed by atoms with Gasteiger partial charge >= 0.3 is 0 Å². The molecule has 0 rings (SSSR count). The van der Waals surface area contributed by atoms with Crippen molar-refractivity contribution in [3.8, 4) is 11.8 Å². The molecule has 0 saturated carbocycles. The van der Waals surface area contributed by atoms with E-state index in [1.807, 2.05) is 0 Å². The molecule has 0 aromatic heterocycles. The van der Waals surface area contributed by atoms with Crippen molar-refractivity contribution in [2.75, 3.05) is 0 Å². The molecular weight excluding hydrogens is 180 g/mol. The van der Waals surface area contributed by atoms with Gasteiger partial charge in [0.05, 0.1) is 0 Å². The van der Waals surface area contributed by atoms with E-state index in [4.69, 9.17) is 0 Å². The van der Waals surface area contributed by atoms with Crippen molar-refractivity contribution in [3.05, 3.63) is 6.92 Å². The van der Waals surface area contributed by atoms with Crippen LogP contribution in [0, 0.1) is 18.8 Å². The van der Waals surface area contributed by atoms with Crippen molar-refractivity contribution < 1.29 is 0 Å². The summed E-state index contributed by atoms with van der Waals surface area (Å²) < 4.78 is 0. The lowest BCUT2D eigenvalue weighted by Crippen LogP contribution is -1.79. The van der Waals surface area contributed by atoms with Gasteiger partial charge in [0.25, 0.3) is 0 Å². The van der Waals surface area contributed by atoms with Crippen LogP contribution in [0.2, 0.25) is 0 Å². The second-order valence-electron chi connectivity index (χ2n) is 4.18. The second-order valence-corrected chi connectivity index (χ2v) is 4.18. The zero-order chi connectivity index (χ0) is 11.2. The van der Waals surface area contributed by atoms with Gasteiger partial charge in [-0.05, 0) is 12.8 Å². The lowest BCUT2D eigenvalue weighted by molar-refractivity contribution is 0.601. The molecular formula is C15H27. The molecule has 0 bridgehead atoms. The van der Waals surface area contributed by atoms with E-state index in [0.717, 1.165) is 19.3 Å². The zero-order valence-corrected chi connectivity index (χ0v) is 10.5. The SMILES string of the molecule is [CH2]CCCCCCCCC#CCCCC. The molecule has 0 atom stereocenters. The normalized spacial score (nSPS) is 9.73. The molecule has 1 radical (unpaired) electrons. The third-order valence-electron chi connectivity index (χ3n) is 2.58. The Hall–Kier alpha value is -0.440. The Bertz CT molecular complexity index is 159. The lowest BCUT2D eigenvalue weighted by atomic mass is 10.1. The summed E-state index contributed by atoms with van der Waals surface area (Å²) in [5.41, 5.74) is 0. The van der Waals surface area contributed by atoms with Crippen molar-refractivity contribution in [1.82, 2.24) is 0 Å². The molecule has 0 aliphatic carbocycles. The van der Waals surface area contributed by atoms with Gasteiger partial charge in [0, 0.05) is 12.8 Å². The maximum absolute atomic E-state index is 3.85. The lowest BCUT2D eigenvalue weighted by Gasteiger charge is -1.97. The summed E-state index contributed by atoms with van der Waals surface area (Å²) >= 11 is 0. The molecule has 0 saturated heterocycles. The smallest absolute Gasteiger partial charge is 0.00886 e. The summed E-state index contributed by atoms with van der Waals surface area (Å²) in [4.78, 5) is 0. The minimum atomic E-state index is 1.10. The van der Waals surface area contributed by atoms with Crippen molar-refractivity contribution in [1.29, 1.82) is 0 Å².